The first-order valence-corrected chi connectivity index (χ1v) is 10.9. The molecule has 1 N–H and O–H groups in total. The number of aliphatic carboxylic acids is 1. The van der Waals surface area contributed by atoms with Gasteiger partial charge in [0.15, 0.2) is 0 Å². The molecule has 7 nitrogen and oxygen atoms in total. The van der Waals surface area contributed by atoms with E-state index in [0.29, 0.717) is 23.6 Å². The molecular formula is C20H20ClN2NaO5S. The maximum Gasteiger partial charge on any atom is 1.00 e. The second-order valence-corrected chi connectivity index (χ2v) is 9.08. The van der Waals surface area contributed by atoms with Gasteiger partial charge in [-0.1, -0.05) is 17.7 Å². The molecule has 1 aliphatic carbocycles. The summed E-state index contributed by atoms with van der Waals surface area (Å²) in [6.07, 6.45) is 0.740. The molecule has 0 aromatic heterocycles. The number of hydrogen-bond acceptors (Lipinski definition) is 5. The van der Waals surface area contributed by atoms with E-state index in [1.54, 1.807) is 6.07 Å². The third kappa shape index (κ3) is 6.06. The maximum atomic E-state index is 12.6. The predicted octanol–water partition coefficient (Wildman–Crippen LogP) is -1.72. The van der Waals surface area contributed by atoms with Crippen LogP contribution >= 0.6 is 11.6 Å². The molecular weight excluding hydrogens is 439 g/mol. The molecule has 0 saturated carbocycles. The molecule has 0 fully saturated rings. The van der Waals surface area contributed by atoms with Crippen LogP contribution in [0, 0.1) is 0 Å². The Labute approximate surface area is 202 Å². The maximum absolute atomic E-state index is 12.6. The first-order chi connectivity index (χ1) is 13.7. The van der Waals surface area contributed by atoms with Gasteiger partial charge in [0.25, 0.3) is 0 Å². The van der Waals surface area contributed by atoms with Crippen LogP contribution in [0.4, 0.5) is 5.69 Å². The number of carboxylic acid groups (broad SMARTS) is 1. The molecule has 0 radical (unpaired) electrons. The van der Waals surface area contributed by atoms with Crippen molar-refractivity contribution in [1.29, 1.82) is 0 Å². The van der Waals surface area contributed by atoms with Gasteiger partial charge in [-0.3, -0.25) is 4.79 Å². The molecule has 1 unspecified atom stereocenters. The number of amides is 1. The number of carboxylic acids is 1. The summed E-state index contributed by atoms with van der Waals surface area (Å²) in [5.74, 6) is -1.50. The molecule has 0 spiro atoms. The van der Waals surface area contributed by atoms with Crippen molar-refractivity contribution < 1.29 is 52.7 Å². The van der Waals surface area contributed by atoms with Gasteiger partial charge >= 0.3 is 29.6 Å². The number of halogens is 1. The molecule has 1 atom stereocenters. The van der Waals surface area contributed by atoms with Crippen LogP contribution in [0.2, 0.25) is 5.02 Å². The summed E-state index contributed by atoms with van der Waals surface area (Å²) in [7, 11) is -3.68. The van der Waals surface area contributed by atoms with Crippen molar-refractivity contribution in [1.82, 2.24) is 4.72 Å². The summed E-state index contributed by atoms with van der Waals surface area (Å²) < 4.78 is 27.9. The average molecular weight is 459 g/mol. The van der Waals surface area contributed by atoms with E-state index in [4.69, 9.17) is 11.6 Å². The summed E-state index contributed by atoms with van der Waals surface area (Å²) in [6, 6.07) is 11.0. The molecule has 1 aliphatic rings. The van der Waals surface area contributed by atoms with Gasteiger partial charge in [-0.15, -0.1) is 0 Å². The van der Waals surface area contributed by atoms with Gasteiger partial charge in [0.05, 0.1) is 4.90 Å². The number of anilines is 1. The van der Waals surface area contributed by atoms with E-state index < -0.39 is 16.0 Å². The van der Waals surface area contributed by atoms with Crippen LogP contribution in [0.25, 0.3) is 0 Å². The number of fused-ring (bicyclic) bond motifs is 1. The summed E-state index contributed by atoms with van der Waals surface area (Å²) >= 11 is 5.82. The smallest absolute Gasteiger partial charge is 0.550 e. The Morgan fingerprint density at radius 1 is 1.13 bits per heavy atom. The molecule has 154 valence electrons. The molecule has 0 heterocycles. The SMILES string of the molecule is CC(=O)N(CCC(=O)[O-])c1ccc2c(c1)CC(NS(=O)(=O)c1ccc(Cl)cc1)C2.[Na+]. The zero-order chi connectivity index (χ0) is 21.2. The van der Waals surface area contributed by atoms with Crippen LogP contribution in [0.3, 0.4) is 0 Å². The van der Waals surface area contributed by atoms with E-state index in [-0.39, 0.29) is 59.4 Å². The van der Waals surface area contributed by atoms with E-state index in [1.807, 2.05) is 12.1 Å². The van der Waals surface area contributed by atoms with E-state index in [2.05, 4.69) is 4.72 Å². The van der Waals surface area contributed by atoms with Crippen molar-refractivity contribution >= 4 is 39.2 Å². The number of nitrogens with zero attached hydrogens (tertiary/aromatic N) is 1. The van der Waals surface area contributed by atoms with Gasteiger partial charge in [0.2, 0.25) is 15.9 Å². The number of sulfonamides is 1. The Morgan fingerprint density at radius 3 is 2.37 bits per heavy atom. The molecule has 1 amide bonds. The zero-order valence-corrected chi connectivity index (χ0v) is 20.3. The molecule has 30 heavy (non-hydrogen) atoms. The minimum atomic E-state index is -3.68. The van der Waals surface area contributed by atoms with Gasteiger partial charge in [-0.05, 0) is 60.4 Å². The van der Waals surface area contributed by atoms with Gasteiger partial charge in [-0.2, -0.15) is 0 Å². The van der Waals surface area contributed by atoms with Crippen LogP contribution < -0.4 is 44.3 Å². The summed E-state index contributed by atoms with van der Waals surface area (Å²) in [5, 5.41) is 11.2. The third-order valence-electron chi connectivity index (χ3n) is 4.80. The van der Waals surface area contributed by atoms with Crippen molar-refractivity contribution in [2.75, 3.05) is 11.4 Å². The Balaban J connectivity index is 0.00000320. The quantitative estimate of drug-likeness (QED) is 0.497. The minimum absolute atomic E-state index is 0. The van der Waals surface area contributed by atoms with Crippen LogP contribution in [0.5, 0.6) is 0 Å². The van der Waals surface area contributed by atoms with E-state index >= 15 is 0 Å². The van der Waals surface area contributed by atoms with Gasteiger partial charge in [0, 0.05) is 42.6 Å². The van der Waals surface area contributed by atoms with E-state index in [9.17, 15) is 23.1 Å². The van der Waals surface area contributed by atoms with Crippen molar-refractivity contribution in [2.45, 2.75) is 37.1 Å². The number of benzene rings is 2. The molecule has 10 heteroatoms. The summed E-state index contributed by atoms with van der Waals surface area (Å²) in [5.41, 5.74) is 2.49. The molecule has 0 aliphatic heterocycles. The van der Waals surface area contributed by atoms with Crippen LogP contribution in [-0.2, 0) is 32.5 Å². The predicted molar refractivity (Wildman–Crippen MR) is 107 cm³/mol. The van der Waals surface area contributed by atoms with Crippen LogP contribution in [-0.4, -0.2) is 32.9 Å². The van der Waals surface area contributed by atoms with Crippen molar-refractivity contribution in [3.05, 3.63) is 58.6 Å². The normalized spacial score (nSPS) is 15.2. The number of hydrogen-bond donors (Lipinski definition) is 1. The Bertz CT molecular complexity index is 1040. The Hall–Kier alpha value is -1.42. The Kier molecular flexibility index (Phi) is 8.50. The van der Waals surface area contributed by atoms with E-state index in [1.165, 1.54) is 36.1 Å². The van der Waals surface area contributed by atoms with E-state index in [0.717, 1.165) is 11.1 Å². The van der Waals surface area contributed by atoms with Crippen LogP contribution in [0.1, 0.15) is 24.5 Å². The first-order valence-electron chi connectivity index (χ1n) is 9.03. The minimum Gasteiger partial charge on any atom is -0.550 e. The topological polar surface area (TPSA) is 107 Å². The van der Waals surface area contributed by atoms with Gasteiger partial charge < -0.3 is 14.8 Å². The van der Waals surface area contributed by atoms with Crippen LogP contribution in [0.15, 0.2) is 47.4 Å². The van der Waals surface area contributed by atoms with Gasteiger partial charge in [-0.25, -0.2) is 13.1 Å². The van der Waals surface area contributed by atoms with Gasteiger partial charge in [0.1, 0.15) is 0 Å². The standard InChI is InChI=1S/C20H21ClN2O5S.Na/c1-13(24)23(9-8-20(25)26)18-5-2-14-10-17(11-15(14)12-18)22-29(27,28)19-6-3-16(21)4-7-19;/h2-7,12,17,22H,8-11H2,1H3,(H,25,26);/q;+1/p-1. The number of carbonyl (C=O) groups excluding carboxylic acids is 2. The largest absolute Gasteiger partial charge is 1.00 e. The summed E-state index contributed by atoms with van der Waals surface area (Å²) in [4.78, 5) is 24.2. The molecule has 3 rings (SSSR count). The average Bonchev–Trinajstić information content (AvgIpc) is 3.02. The fourth-order valence-corrected chi connectivity index (χ4v) is 4.79. The Morgan fingerprint density at radius 2 is 1.77 bits per heavy atom. The fraction of sp³-hybridized carbons (Fsp3) is 0.300. The first kappa shape index (κ1) is 24.8. The molecule has 2 aromatic rings. The number of carbonyl (C=O) groups is 2. The van der Waals surface area contributed by atoms with Crippen molar-refractivity contribution in [2.24, 2.45) is 0 Å². The molecule has 2 aromatic carbocycles. The molecule has 0 bridgehead atoms. The van der Waals surface area contributed by atoms with Crippen molar-refractivity contribution in [3.8, 4) is 0 Å². The molecule has 0 saturated heterocycles. The third-order valence-corrected chi connectivity index (χ3v) is 6.59. The number of nitrogens with one attached hydrogen (secondary N) is 1. The summed E-state index contributed by atoms with van der Waals surface area (Å²) in [6.45, 7) is 1.38. The number of rotatable bonds is 7. The van der Waals surface area contributed by atoms with Crippen molar-refractivity contribution in [3.63, 3.8) is 0 Å². The zero-order valence-electron chi connectivity index (χ0n) is 16.7. The second-order valence-electron chi connectivity index (χ2n) is 6.93. The second kappa shape index (κ2) is 10.3. The fourth-order valence-electron chi connectivity index (χ4n) is 3.43. The monoisotopic (exact) mass is 458 g/mol.